The molecule has 1 N–H and O–H groups in total. The summed E-state index contributed by atoms with van der Waals surface area (Å²) in [7, 11) is 0. The molecule has 88 valence electrons. The van der Waals surface area contributed by atoms with E-state index in [9.17, 15) is 4.79 Å². The van der Waals surface area contributed by atoms with Crippen molar-refractivity contribution in [2.45, 2.75) is 51.2 Å². The molecule has 0 bridgehead atoms. The molecule has 1 rings (SSSR count). The van der Waals surface area contributed by atoms with Gasteiger partial charge in [-0.25, -0.2) is 0 Å². The summed E-state index contributed by atoms with van der Waals surface area (Å²) >= 11 is 1.92. The molecule has 0 atom stereocenters. The van der Waals surface area contributed by atoms with Gasteiger partial charge in [-0.15, -0.1) is 0 Å². The highest BCUT2D eigenvalue weighted by Crippen LogP contribution is 2.39. The van der Waals surface area contributed by atoms with E-state index in [4.69, 9.17) is 0 Å². The van der Waals surface area contributed by atoms with Crippen molar-refractivity contribution in [1.82, 2.24) is 5.32 Å². The van der Waals surface area contributed by atoms with E-state index in [2.05, 4.69) is 11.6 Å². The second kappa shape index (κ2) is 4.77. The van der Waals surface area contributed by atoms with Crippen molar-refractivity contribution >= 4 is 17.7 Å². The van der Waals surface area contributed by atoms with Gasteiger partial charge in [0.25, 0.3) is 0 Å². The average Bonchev–Trinajstić information content (AvgIpc) is 2.62. The lowest BCUT2D eigenvalue weighted by Gasteiger charge is -2.29. The first kappa shape index (κ1) is 12.9. The van der Waals surface area contributed by atoms with Gasteiger partial charge in [-0.2, -0.15) is 11.8 Å². The number of rotatable bonds is 3. The Morgan fingerprint density at radius 3 is 2.27 bits per heavy atom. The van der Waals surface area contributed by atoms with Gasteiger partial charge in [0.2, 0.25) is 5.91 Å². The minimum absolute atomic E-state index is 0.169. The summed E-state index contributed by atoms with van der Waals surface area (Å²) in [6.07, 6.45) is 7.28. The Hall–Kier alpha value is -0.180. The van der Waals surface area contributed by atoms with Gasteiger partial charge in [0.1, 0.15) is 0 Å². The molecule has 1 aliphatic rings. The lowest BCUT2D eigenvalue weighted by atomic mass is 9.95. The predicted octanol–water partition coefficient (Wildman–Crippen LogP) is 2.82. The second-order valence-electron chi connectivity index (χ2n) is 5.53. The Labute approximate surface area is 97.6 Å². The third-order valence-corrected chi connectivity index (χ3v) is 4.62. The highest BCUT2D eigenvalue weighted by atomic mass is 32.2. The van der Waals surface area contributed by atoms with Crippen molar-refractivity contribution in [2.75, 3.05) is 12.8 Å². The van der Waals surface area contributed by atoms with E-state index in [1.807, 2.05) is 32.5 Å². The van der Waals surface area contributed by atoms with Crippen LogP contribution in [0.2, 0.25) is 0 Å². The number of amides is 1. The monoisotopic (exact) mass is 229 g/mol. The van der Waals surface area contributed by atoms with Gasteiger partial charge < -0.3 is 5.32 Å². The van der Waals surface area contributed by atoms with E-state index < -0.39 is 0 Å². The molecule has 3 heteroatoms. The summed E-state index contributed by atoms with van der Waals surface area (Å²) in [6.45, 7) is 6.72. The van der Waals surface area contributed by atoms with Crippen LogP contribution < -0.4 is 5.32 Å². The Kier molecular flexibility index (Phi) is 4.10. The molecule has 1 fully saturated rings. The fourth-order valence-electron chi connectivity index (χ4n) is 1.98. The molecular weight excluding hydrogens is 206 g/mol. The van der Waals surface area contributed by atoms with Crippen molar-refractivity contribution in [3.63, 3.8) is 0 Å². The first-order chi connectivity index (χ1) is 6.90. The fraction of sp³-hybridized carbons (Fsp3) is 0.917. The molecule has 0 aromatic carbocycles. The standard InChI is InChI=1S/C12H23NOS/c1-11(2,3)10(14)13-9-12(15-4)7-5-6-8-12/h5-9H2,1-4H3,(H,13,14). The lowest BCUT2D eigenvalue weighted by Crippen LogP contribution is -2.43. The Morgan fingerprint density at radius 1 is 1.33 bits per heavy atom. The zero-order chi connectivity index (χ0) is 11.5. The predicted molar refractivity (Wildman–Crippen MR) is 67.2 cm³/mol. The number of hydrogen-bond donors (Lipinski definition) is 1. The first-order valence-electron chi connectivity index (χ1n) is 5.73. The summed E-state index contributed by atoms with van der Waals surface area (Å²) < 4.78 is 0.320. The molecule has 0 heterocycles. The van der Waals surface area contributed by atoms with Crippen LogP contribution in [0.25, 0.3) is 0 Å². The van der Waals surface area contributed by atoms with Gasteiger partial charge >= 0.3 is 0 Å². The molecule has 2 nitrogen and oxygen atoms in total. The average molecular weight is 229 g/mol. The normalized spacial score (nSPS) is 20.3. The van der Waals surface area contributed by atoms with Gasteiger partial charge in [-0.1, -0.05) is 33.6 Å². The van der Waals surface area contributed by atoms with E-state index in [0.717, 1.165) is 6.54 Å². The Balaban J connectivity index is 2.45. The van der Waals surface area contributed by atoms with Crippen LogP contribution in [-0.2, 0) is 4.79 Å². The van der Waals surface area contributed by atoms with E-state index in [1.165, 1.54) is 25.7 Å². The molecule has 1 amide bonds. The summed E-state index contributed by atoms with van der Waals surface area (Å²) in [4.78, 5) is 11.8. The maximum atomic E-state index is 11.8. The zero-order valence-corrected chi connectivity index (χ0v) is 11.2. The van der Waals surface area contributed by atoms with Gasteiger partial charge in [0, 0.05) is 16.7 Å². The van der Waals surface area contributed by atoms with Crippen LogP contribution in [0.5, 0.6) is 0 Å². The van der Waals surface area contributed by atoms with Crippen LogP contribution in [0.15, 0.2) is 0 Å². The Bertz CT molecular complexity index is 226. The van der Waals surface area contributed by atoms with E-state index in [0.29, 0.717) is 4.75 Å². The third-order valence-electron chi connectivity index (χ3n) is 3.20. The van der Waals surface area contributed by atoms with Gasteiger partial charge in [-0.05, 0) is 19.1 Å². The third kappa shape index (κ3) is 3.40. The molecule has 0 aromatic heterocycles. The second-order valence-corrected chi connectivity index (χ2v) is 6.80. The number of carbonyl (C=O) groups is 1. The highest BCUT2D eigenvalue weighted by molar-refractivity contribution is 8.00. The van der Waals surface area contributed by atoms with Crippen LogP contribution >= 0.6 is 11.8 Å². The molecule has 0 saturated heterocycles. The van der Waals surface area contributed by atoms with Gasteiger partial charge in [0.15, 0.2) is 0 Å². The minimum atomic E-state index is -0.266. The van der Waals surface area contributed by atoms with Crippen LogP contribution in [0.4, 0.5) is 0 Å². The van der Waals surface area contributed by atoms with Crippen molar-refractivity contribution in [3.8, 4) is 0 Å². The number of carbonyl (C=O) groups excluding carboxylic acids is 1. The lowest BCUT2D eigenvalue weighted by molar-refractivity contribution is -0.128. The van der Waals surface area contributed by atoms with Crippen molar-refractivity contribution in [3.05, 3.63) is 0 Å². The fourth-order valence-corrected chi connectivity index (χ4v) is 2.89. The molecule has 0 aromatic rings. The van der Waals surface area contributed by atoms with Crippen molar-refractivity contribution in [2.24, 2.45) is 5.41 Å². The molecular formula is C12H23NOS. The summed E-state index contributed by atoms with van der Waals surface area (Å²) in [6, 6.07) is 0. The maximum absolute atomic E-state index is 11.8. The van der Waals surface area contributed by atoms with Gasteiger partial charge in [0.05, 0.1) is 0 Å². The van der Waals surface area contributed by atoms with Crippen LogP contribution in [0.1, 0.15) is 46.5 Å². The van der Waals surface area contributed by atoms with E-state index >= 15 is 0 Å². The minimum Gasteiger partial charge on any atom is -0.354 e. The molecule has 15 heavy (non-hydrogen) atoms. The molecule has 0 radical (unpaired) electrons. The number of thioether (sulfide) groups is 1. The van der Waals surface area contributed by atoms with E-state index in [-0.39, 0.29) is 11.3 Å². The molecule has 0 unspecified atom stereocenters. The first-order valence-corrected chi connectivity index (χ1v) is 6.96. The van der Waals surface area contributed by atoms with Crippen molar-refractivity contribution in [1.29, 1.82) is 0 Å². The number of hydrogen-bond acceptors (Lipinski definition) is 2. The summed E-state index contributed by atoms with van der Waals surface area (Å²) in [5.41, 5.74) is -0.266. The van der Waals surface area contributed by atoms with Crippen LogP contribution in [0.3, 0.4) is 0 Å². The number of nitrogens with one attached hydrogen (secondary N) is 1. The van der Waals surface area contributed by atoms with E-state index in [1.54, 1.807) is 0 Å². The molecule has 0 aliphatic heterocycles. The maximum Gasteiger partial charge on any atom is 0.225 e. The largest absolute Gasteiger partial charge is 0.354 e. The SMILES string of the molecule is CSC1(CNC(=O)C(C)(C)C)CCCC1. The van der Waals surface area contributed by atoms with Crippen LogP contribution in [0, 0.1) is 5.41 Å². The summed E-state index contributed by atoms with van der Waals surface area (Å²) in [5.74, 6) is 0.169. The van der Waals surface area contributed by atoms with Crippen LogP contribution in [-0.4, -0.2) is 23.5 Å². The highest BCUT2D eigenvalue weighted by Gasteiger charge is 2.34. The van der Waals surface area contributed by atoms with Crippen molar-refractivity contribution < 1.29 is 4.79 Å². The smallest absolute Gasteiger partial charge is 0.225 e. The molecule has 0 spiro atoms. The summed E-state index contributed by atoms with van der Waals surface area (Å²) in [5, 5.41) is 3.10. The quantitative estimate of drug-likeness (QED) is 0.806. The zero-order valence-electron chi connectivity index (χ0n) is 10.4. The molecule has 1 saturated carbocycles. The Morgan fingerprint density at radius 2 is 1.87 bits per heavy atom. The molecule has 1 aliphatic carbocycles. The van der Waals surface area contributed by atoms with Gasteiger partial charge in [-0.3, -0.25) is 4.79 Å². The topological polar surface area (TPSA) is 29.1 Å².